The maximum Gasteiger partial charge on any atom is 0.158 e. The second kappa shape index (κ2) is 2.45. The third-order valence-electron chi connectivity index (χ3n) is 3.06. The van der Waals surface area contributed by atoms with Crippen molar-refractivity contribution < 1.29 is 9.53 Å². The van der Waals surface area contributed by atoms with Crippen molar-refractivity contribution >= 4 is 21.7 Å². The zero-order valence-electron chi connectivity index (χ0n) is 8.00. The highest BCUT2D eigenvalue weighted by molar-refractivity contribution is 9.10. The molecule has 2 nitrogen and oxygen atoms in total. The van der Waals surface area contributed by atoms with Crippen LogP contribution in [0.15, 0.2) is 12.2 Å². The first kappa shape index (κ1) is 9.41. The zero-order valence-corrected chi connectivity index (χ0v) is 9.59. The fourth-order valence-electron chi connectivity index (χ4n) is 1.89. The minimum absolute atomic E-state index is 0.0567. The van der Waals surface area contributed by atoms with E-state index in [-0.39, 0.29) is 16.7 Å². The van der Waals surface area contributed by atoms with Crippen molar-refractivity contribution in [1.29, 1.82) is 0 Å². The van der Waals surface area contributed by atoms with Gasteiger partial charge in [0.1, 0.15) is 10.4 Å². The van der Waals surface area contributed by atoms with E-state index in [0.717, 1.165) is 0 Å². The molecule has 13 heavy (non-hydrogen) atoms. The Morgan fingerprint density at radius 1 is 1.46 bits per heavy atom. The van der Waals surface area contributed by atoms with Crippen molar-refractivity contribution in [1.82, 2.24) is 0 Å². The number of halogens is 1. The lowest BCUT2D eigenvalue weighted by atomic mass is 9.77. The SMILES string of the molecule is CC1(C)C(=O)[C@H](Br)[C@]2(C)C=C[C@H]1O2. The van der Waals surface area contributed by atoms with Crippen LogP contribution in [0.2, 0.25) is 0 Å². The normalized spacial score (nSPS) is 46.9. The summed E-state index contributed by atoms with van der Waals surface area (Å²) in [5.74, 6) is 0.233. The van der Waals surface area contributed by atoms with Crippen LogP contribution in [0.1, 0.15) is 20.8 Å². The first-order valence-corrected chi connectivity index (χ1v) is 5.35. The largest absolute Gasteiger partial charge is 0.361 e. The lowest BCUT2D eigenvalue weighted by Crippen LogP contribution is -2.55. The van der Waals surface area contributed by atoms with Gasteiger partial charge in [0.05, 0.1) is 11.5 Å². The van der Waals surface area contributed by atoms with Crippen molar-refractivity contribution in [3.63, 3.8) is 0 Å². The van der Waals surface area contributed by atoms with Gasteiger partial charge in [0, 0.05) is 0 Å². The molecule has 0 spiro atoms. The zero-order chi connectivity index (χ0) is 9.85. The molecule has 0 aromatic carbocycles. The van der Waals surface area contributed by atoms with Crippen LogP contribution < -0.4 is 0 Å². The van der Waals surface area contributed by atoms with E-state index >= 15 is 0 Å². The smallest absolute Gasteiger partial charge is 0.158 e. The van der Waals surface area contributed by atoms with Crippen molar-refractivity contribution in [2.75, 3.05) is 0 Å². The molecule has 0 radical (unpaired) electrons. The minimum atomic E-state index is -0.433. The molecule has 0 aromatic rings. The predicted octanol–water partition coefficient (Wildman–Crippen LogP) is 2.07. The number of hydrogen-bond acceptors (Lipinski definition) is 2. The van der Waals surface area contributed by atoms with Crippen LogP contribution in [0, 0.1) is 5.41 Å². The Labute approximate surface area is 86.5 Å². The molecule has 2 bridgehead atoms. The van der Waals surface area contributed by atoms with Gasteiger partial charge >= 0.3 is 0 Å². The highest BCUT2D eigenvalue weighted by Crippen LogP contribution is 2.46. The quantitative estimate of drug-likeness (QED) is 0.482. The van der Waals surface area contributed by atoms with E-state index in [2.05, 4.69) is 15.9 Å². The van der Waals surface area contributed by atoms with Gasteiger partial charge in [0.25, 0.3) is 0 Å². The van der Waals surface area contributed by atoms with Crippen LogP contribution in [0.5, 0.6) is 0 Å². The second-order valence-electron chi connectivity index (χ2n) is 4.53. The van der Waals surface area contributed by atoms with Gasteiger partial charge in [-0.15, -0.1) is 0 Å². The fourth-order valence-corrected chi connectivity index (χ4v) is 2.74. The number of hydrogen-bond donors (Lipinski definition) is 0. The van der Waals surface area contributed by atoms with Gasteiger partial charge in [-0.2, -0.15) is 0 Å². The van der Waals surface area contributed by atoms with Crippen LogP contribution in [-0.2, 0) is 9.53 Å². The van der Waals surface area contributed by atoms with Gasteiger partial charge < -0.3 is 4.74 Å². The maximum atomic E-state index is 11.9. The van der Waals surface area contributed by atoms with E-state index in [1.54, 1.807) is 0 Å². The molecule has 0 unspecified atom stereocenters. The topological polar surface area (TPSA) is 26.3 Å². The Kier molecular flexibility index (Phi) is 1.77. The number of ketones is 1. The van der Waals surface area contributed by atoms with Crippen molar-refractivity contribution in [2.24, 2.45) is 5.41 Å². The third-order valence-corrected chi connectivity index (χ3v) is 4.39. The Balaban J connectivity index is 2.45. The second-order valence-corrected chi connectivity index (χ2v) is 5.45. The molecule has 2 rings (SSSR count). The first-order chi connectivity index (χ1) is 5.88. The van der Waals surface area contributed by atoms with Crippen molar-refractivity contribution in [3.05, 3.63) is 12.2 Å². The van der Waals surface area contributed by atoms with Gasteiger partial charge in [-0.25, -0.2) is 0 Å². The molecule has 0 aromatic heterocycles. The summed E-state index contributed by atoms with van der Waals surface area (Å²) in [6.07, 6.45) is 3.93. The molecule has 1 fully saturated rings. The number of carbonyl (C=O) groups excluding carboxylic acids is 1. The molecule has 0 N–H and O–H groups in total. The monoisotopic (exact) mass is 244 g/mol. The van der Waals surface area contributed by atoms with Gasteiger partial charge in [-0.05, 0) is 6.92 Å². The number of Topliss-reactive ketones (excluding diaryl/α,β-unsaturated/α-hetero) is 1. The van der Waals surface area contributed by atoms with Crippen LogP contribution in [0.25, 0.3) is 0 Å². The summed E-state index contributed by atoms with van der Waals surface area (Å²) in [5.41, 5.74) is -0.835. The predicted molar refractivity (Wildman–Crippen MR) is 53.9 cm³/mol. The molecule has 0 amide bonds. The maximum absolute atomic E-state index is 11.9. The van der Waals surface area contributed by atoms with Crippen LogP contribution >= 0.6 is 15.9 Å². The van der Waals surface area contributed by atoms with E-state index < -0.39 is 11.0 Å². The summed E-state index contributed by atoms with van der Waals surface area (Å²) in [4.78, 5) is 11.7. The number of rotatable bonds is 0. The fraction of sp³-hybridized carbons (Fsp3) is 0.700. The average molecular weight is 245 g/mol. The lowest BCUT2D eigenvalue weighted by Gasteiger charge is -2.42. The summed E-state index contributed by atoms with van der Waals surface area (Å²) in [5, 5.41) is 0. The number of alkyl halides is 1. The molecule has 1 saturated heterocycles. The van der Waals surface area contributed by atoms with E-state index in [1.165, 1.54) is 0 Å². The number of carbonyl (C=O) groups is 1. The molecule has 2 heterocycles. The lowest BCUT2D eigenvalue weighted by molar-refractivity contribution is -0.154. The van der Waals surface area contributed by atoms with Crippen LogP contribution in [-0.4, -0.2) is 22.3 Å². The third kappa shape index (κ3) is 1.07. The Morgan fingerprint density at radius 3 is 2.69 bits per heavy atom. The highest BCUT2D eigenvalue weighted by Gasteiger charge is 2.55. The molecule has 3 atom stereocenters. The molecule has 0 aliphatic carbocycles. The number of ether oxygens (including phenoxy) is 1. The molecule has 0 saturated carbocycles. The summed E-state index contributed by atoms with van der Waals surface area (Å²) in [6.45, 7) is 5.81. The minimum Gasteiger partial charge on any atom is -0.361 e. The summed E-state index contributed by atoms with van der Waals surface area (Å²) in [6, 6.07) is 0. The summed E-state index contributed by atoms with van der Waals surface area (Å²) >= 11 is 3.41. The standard InChI is InChI=1S/C10H13BrO2/c1-9(2)6-4-5-10(3,13-6)7(11)8(9)12/h4-7H,1-3H3/t6-,7+,10+/m1/s1. The van der Waals surface area contributed by atoms with Crippen molar-refractivity contribution in [2.45, 2.75) is 37.3 Å². The molecule has 2 aliphatic rings. The van der Waals surface area contributed by atoms with E-state index in [1.807, 2.05) is 32.9 Å². The van der Waals surface area contributed by atoms with E-state index in [4.69, 9.17) is 4.74 Å². The highest BCUT2D eigenvalue weighted by atomic mass is 79.9. The van der Waals surface area contributed by atoms with Crippen molar-refractivity contribution in [3.8, 4) is 0 Å². The summed E-state index contributed by atoms with van der Waals surface area (Å²) < 4.78 is 5.80. The number of fused-ring (bicyclic) bond motifs is 2. The molecule has 3 heteroatoms. The van der Waals surface area contributed by atoms with Crippen LogP contribution in [0.4, 0.5) is 0 Å². The first-order valence-electron chi connectivity index (χ1n) is 4.43. The molecule has 72 valence electrons. The van der Waals surface area contributed by atoms with Gasteiger partial charge in [-0.3, -0.25) is 4.79 Å². The van der Waals surface area contributed by atoms with Gasteiger partial charge in [-0.1, -0.05) is 41.9 Å². The van der Waals surface area contributed by atoms with E-state index in [0.29, 0.717) is 0 Å². The average Bonchev–Trinajstić information content (AvgIpc) is 2.43. The molecular formula is C10H13BrO2. The van der Waals surface area contributed by atoms with Gasteiger partial charge in [0.15, 0.2) is 5.78 Å². The molecule has 2 aliphatic heterocycles. The Bertz CT molecular complexity index is 295. The molecular weight excluding hydrogens is 232 g/mol. The Hall–Kier alpha value is -0.150. The van der Waals surface area contributed by atoms with Crippen LogP contribution in [0.3, 0.4) is 0 Å². The Morgan fingerprint density at radius 2 is 2.08 bits per heavy atom. The van der Waals surface area contributed by atoms with E-state index in [9.17, 15) is 4.79 Å². The summed E-state index contributed by atoms with van der Waals surface area (Å²) in [7, 11) is 0. The van der Waals surface area contributed by atoms with Gasteiger partial charge in [0.2, 0.25) is 0 Å².